The third-order valence-electron chi connectivity index (χ3n) is 4.91. The van der Waals surface area contributed by atoms with E-state index >= 15 is 0 Å². The average Bonchev–Trinajstić information content (AvgIpc) is 3.07. The van der Waals surface area contributed by atoms with Gasteiger partial charge < -0.3 is 19.2 Å². The zero-order valence-electron chi connectivity index (χ0n) is 15.2. The topological polar surface area (TPSA) is 92.9 Å². The fourth-order valence-corrected chi connectivity index (χ4v) is 3.41. The Morgan fingerprint density at radius 1 is 1.21 bits per heavy atom. The highest BCUT2D eigenvalue weighted by molar-refractivity contribution is 5.79. The second-order valence-corrected chi connectivity index (χ2v) is 6.89. The van der Waals surface area contributed by atoms with Crippen LogP contribution in [-0.4, -0.2) is 46.7 Å². The van der Waals surface area contributed by atoms with Crippen LogP contribution in [0.5, 0.6) is 5.75 Å². The fraction of sp³-hybridized carbons (Fsp3) is 0.286. The van der Waals surface area contributed by atoms with Gasteiger partial charge in [-0.3, -0.25) is 9.78 Å². The van der Waals surface area contributed by atoms with Crippen molar-refractivity contribution in [3.05, 3.63) is 70.8 Å². The maximum absolute atomic E-state index is 12.5. The molecule has 4 rings (SSSR count). The Bertz CT molecular complexity index is 1030. The molecule has 1 amide bonds. The molecular weight excluding hydrogens is 360 g/mol. The summed E-state index contributed by atoms with van der Waals surface area (Å²) >= 11 is 0. The highest BCUT2D eigenvalue weighted by Crippen LogP contribution is 2.22. The van der Waals surface area contributed by atoms with Crippen molar-refractivity contribution in [3.63, 3.8) is 0 Å². The zero-order chi connectivity index (χ0) is 19.5. The van der Waals surface area contributed by atoms with E-state index in [9.17, 15) is 14.7 Å². The molecule has 1 aromatic carbocycles. The molecule has 7 heteroatoms. The molecule has 0 spiro atoms. The van der Waals surface area contributed by atoms with Crippen LogP contribution in [-0.2, 0) is 11.2 Å². The van der Waals surface area contributed by atoms with Crippen LogP contribution in [0.4, 0.5) is 0 Å². The number of likely N-dealkylation sites (tertiary alicyclic amines) is 1. The molecule has 28 heavy (non-hydrogen) atoms. The predicted molar refractivity (Wildman–Crippen MR) is 102 cm³/mol. The van der Waals surface area contributed by atoms with Crippen LogP contribution in [0.15, 0.2) is 63.9 Å². The van der Waals surface area contributed by atoms with Crippen molar-refractivity contribution in [2.24, 2.45) is 5.92 Å². The quantitative estimate of drug-likeness (QED) is 0.677. The summed E-state index contributed by atoms with van der Waals surface area (Å²) in [7, 11) is 0. The summed E-state index contributed by atoms with van der Waals surface area (Å²) in [6.45, 7) is 0.602. The van der Waals surface area contributed by atoms with Crippen molar-refractivity contribution in [2.45, 2.75) is 12.5 Å². The Labute approximate surface area is 161 Å². The standard InChI is InChI=1S/C21H20N2O5/c24-18-12-23(11-15(18)9-16-3-1-2-8-22-16)20(25)13-27-17-6-4-14-5-7-21(26)28-19(14)10-17/h1-8,10,15,18,24H,9,11-13H2/t15-,18-/m1/s1. The van der Waals surface area contributed by atoms with E-state index in [0.29, 0.717) is 24.3 Å². The van der Waals surface area contributed by atoms with Crippen molar-refractivity contribution >= 4 is 16.9 Å². The average molecular weight is 380 g/mol. The highest BCUT2D eigenvalue weighted by Gasteiger charge is 2.34. The van der Waals surface area contributed by atoms with Crippen LogP contribution in [0.25, 0.3) is 11.0 Å². The number of rotatable bonds is 5. The van der Waals surface area contributed by atoms with Gasteiger partial charge in [0.25, 0.3) is 5.91 Å². The van der Waals surface area contributed by atoms with Crippen LogP contribution in [0.2, 0.25) is 0 Å². The summed E-state index contributed by atoms with van der Waals surface area (Å²) in [6.07, 6.45) is 1.76. The molecule has 0 bridgehead atoms. The van der Waals surface area contributed by atoms with Crippen molar-refractivity contribution in [3.8, 4) is 5.75 Å². The highest BCUT2D eigenvalue weighted by atomic mass is 16.5. The molecule has 0 unspecified atom stereocenters. The van der Waals surface area contributed by atoms with Gasteiger partial charge in [0.15, 0.2) is 6.61 Å². The molecule has 0 saturated carbocycles. The lowest BCUT2D eigenvalue weighted by molar-refractivity contribution is -0.132. The van der Waals surface area contributed by atoms with Gasteiger partial charge >= 0.3 is 5.63 Å². The number of fused-ring (bicyclic) bond motifs is 1. The van der Waals surface area contributed by atoms with E-state index in [1.165, 1.54) is 6.07 Å². The van der Waals surface area contributed by atoms with Crippen molar-refractivity contribution in [2.75, 3.05) is 19.7 Å². The summed E-state index contributed by atoms with van der Waals surface area (Å²) in [4.78, 5) is 29.7. The Balaban J connectivity index is 1.35. The molecule has 2 atom stereocenters. The number of aliphatic hydroxyl groups excluding tert-OH is 1. The molecule has 1 saturated heterocycles. The summed E-state index contributed by atoms with van der Waals surface area (Å²) < 4.78 is 10.7. The lowest BCUT2D eigenvalue weighted by atomic mass is 10.00. The van der Waals surface area contributed by atoms with E-state index in [0.717, 1.165) is 11.1 Å². The predicted octanol–water partition coefficient (Wildman–Crippen LogP) is 1.63. The zero-order valence-corrected chi connectivity index (χ0v) is 15.2. The van der Waals surface area contributed by atoms with E-state index < -0.39 is 11.7 Å². The molecule has 0 aliphatic carbocycles. The number of carbonyl (C=O) groups excluding carboxylic acids is 1. The van der Waals surface area contributed by atoms with Crippen LogP contribution >= 0.6 is 0 Å². The van der Waals surface area contributed by atoms with Crippen LogP contribution in [0.3, 0.4) is 0 Å². The largest absolute Gasteiger partial charge is 0.484 e. The number of pyridine rings is 1. The van der Waals surface area contributed by atoms with Gasteiger partial charge in [-0.15, -0.1) is 0 Å². The number of aliphatic hydroxyl groups is 1. The number of nitrogens with zero attached hydrogens (tertiary/aromatic N) is 2. The first-order valence-corrected chi connectivity index (χ1v) is 9.11. The number of amides is 1. The Morgan fingerprint density at radius 2 is 2.07 bits per heavy atom. The van der Waals surface area contributed by atoms with E-state index in [2.05, 4.69) is 4.98 Å². The molecular formula is C21H20N2O5. The molecule has 144 valence electrons. The number of hydrogen-bond acceptors (Lipinski definition) is 6. The van der Waals surface area contributed by atoms with Gasteiger partial charge in [-0.25, -0.2) is 4.79 Å². The van der Waals surface area contributed by atoms with Crippen LogP contribution < -0.4 is 10.4 Å². The first-order valence-electron chi connectivity index (χ1n) is 9.11. The molecule has 1 aliphatic rings. The summed E-state index contributed by atoms with van der Waals surface area (Å²) in [5.41, 5.74) is 0.866. The van der Waals surface area contributed by atoms with E-state index in [1.54, 1.807) is 35.4 Å². The molecule has 0 radical (unpaired) electrons. The first-order chi connectivity index (χ1) is 13.6. The maximum atomic E-state index is 12.5. The summed E-state index contributed by atoms with van der Waals surface area (Å²) in [5.74, 6) is 0.200. The Morgan fingerprint density at radius 3 is 2.89 bits per heavy atom. The van der Waals surface area contributed by atoms with Crippen LogP contribution in [0.1, 0.15) is 5.69 Å². The summed E-state index contributed by atoms with van der Waals surface area (Å²) in [5, 5.41) is 11.1. The van der Waals surface area contributed by atoms with E-state index in [4.69, 9.17) is 9.15 Å². The molecule has 1 N–H and O–H groups in total. The lowest BCUT2D eigenvalue weighted by Gasteiger charge is -2.16. The maximum Gasteiger partial charge on any atom is 0.336 e. The molecule has 2 aromatic heterocycles. The molecule has 1 aliphatic heterocycles. The molecule has 1 fully saturated rings. The van der Waals surface area contributed by atoms with Crippen molar-refractivity contribution < 1.29 is 19.1 Å². The van der Waals surface area contributed by atoms with Crippen LogP contribution in [0, 0.1) is 5.92 Å². The number of β-amino-alcohol motifs (C(OH)–C–C–N with tert-alkyl or cyclic N) is 1. The number of benzene rings is 1. The second-order valence-electron chi connectivity index (χ2n) is 6.89. The second kappa shape index (κ2) is 7.82. The number of aromatic nitrogens is 1. The van der Waals surface area contributed by atoms with Gasteiger partial charge in [0.1, 0.15) is 11.3 Å². The third kappa shape index (κ3) is 4.04. The summed E-state index contributed by atoms with van der Waals surface area (Å²) in [6, 6.07) is 13.8. The van der Waals surface area contributed by atoms with Gasteiger partial charge in [-0.2, -0.15) is 0 Å². The van der Waals surface area contributed by atoms with Gasteiger partial charge in [0.2, 0.25) is 0 Å². The minimum atomic E-state index is -0.582. The fourth-order valence-electron chi connectivity index (χ4n) is 3.41. The molecule has 3 aromatic rings. The first kappa shape index (κ1) is 18.2. The number of carbonyl (C=O) groups is 1. The number of hydrogen-bond donors (Lipinski definition) is 1. The van der Waals surface area contributed by atoms with Gasteiger partial charge in [-0.1, -0.05) is 6.07 Å². The molecule has 7 nitrogen and oxygen atoms in total. The van der Waals surface area contributed by atoms with Gasteiger partial charge in [0, 0.05) is 48.4 Å². The minimum Gasteiger partial charge on any atom is -0.484 e. The van der Waals surface area contributed by atoms with Crippen molar-refractivity contribution in [1.29, 1.82) is 0 Å². The third-order valence-corrected chi connectivity index (χ3v) is 4.91. The molecule has 3 heterocycles. The van der Waals surface area contributed by atoms with Gasteiger partial charge in [0.05, 0.1) is 6.10 Å². The van der Waals surface area contributed by atoms with E-state index in [-0.39, 0.29) is 25.0 Å². The monoisotopic (exact) mass is 380 g/mol. The lowest BCUT2D eigenvalue weighted by Crippen LogP contribution is -2.33. The normalized spacial score (nSPS) is 19.1. The Kier molecular flexibility index (Phi) is 5.08. The van der Waals surface area contributed by atoms with E-state index in [1.807, 2.05) is 18.2 Å². The minimum absolute atomic E-state index is 0.0474. The van der Waals surface area contributed by atoms with Gasteiger partial charge in [-0.05, 0) is 36.8 Å². The van der Waals surface area contributed by atoms with Crippen molar-refractivity contribution in [1.82, 2.24) is 9.88 Å². The smallest absolute Gasteiger partial charge is 0.336 e. The Hall–Kier alpha value is -3.19. The SMILES string of the molecule is O=C(COc1ccc2ccc(=O)oc2c1)N1C[C@@H](Cc2ccccn2)[C@H](O)C1. The number of ether oxygens (including phenoxy) is 1.